The molecule has 0 fully saturated rings. The van der Waals surface area contributed by atoms with Gasteiger partial charge in [0.15, 0.2) is 0 Å². The first-order valence-electron chi connectivity index (χ1n) is 5.88. The van der Waals surface area contributed by atoms with Gasteiger partial charge in [-0.25, -0.2) is 0 Å². The van der Waals surface area contributed by atoms with Crippen molar-refractivity contribution in [2.24, 2.45) is 5.73 Å². The van der Waals surface area contributed by atoms with Gasteiger partial charge in [-0.15, -0.1) is 0 Å². The van der Waals surface area contributed by atoms with Gasteiger partial charge in [0.2, 0.25) is 0 Å². The molecule has 2 unspecified atom stereocenters. The maximum atomic E-state index is 11.4. The Morgan fingerprint density at radius 2 is 2.06 bits per heavy atom. The van der Waals surface area contributed by atoms with E-state index < -0.39 is 18.1 Å². The average molecular weight is 249 g/mol. The van der Waals surface area contributed by atoms with Crippen LogP contribution in [0, 0.1) is 0 Å². The molecule has 1 aromatic carbocycles. The third kappa shape index (κ3) is 3.98. The zero-order valence-corrected chi connectivity index (χ0v) is 10.5. The molecule has 0 bridgehead atoms. The minimum atomic E-state index is -1.09. The summed E-state index contributed by atoms with van der Waals surface area (Å²) in [4.78, 5) is 11.4. The second-order valence-electron chi connectivity index (χ2n) is 4.04. The van der Waals surface area contributed by atoms with Crippen LogP contribution in [0.2, 0.25) is 0 Å². The molecule has 4 heteroatoms. The fourth-order valence-electron chi connectivity index (χ4n) is 1.58. The van der Waals surface area contributed by atoms with E-state index in [-0.39, 0.29) is 6.61 Å². The molecule has 4 nitrogen and oxygen atoms in total. The summed E-state index contributed by atoms with van der Waals surface area (Å²) in [6.45, 7) is 5.71. The number of carbonyl (C=O) groups is 1. The third-order valence-corrected chi connectivity index (χ3v) is 2.59. The second kappa shape index (κ2) is 6.93. The van der Waals surface area contributed by atoms with E-state index in [9.17, 15) is 9.90 Å². The van der Waals surface area contributed by atoms with E-state index in [2.05, 4.69) is 6.58 Å². The van der Waals surface area contributed by atoms with Crippen LogP contribution in [-0.4, -0.2) is 29.8 Å². The molecule has 0 saturated carbocycles. The van der Waals surface area contributed by atoms with Crippen LogP contribution >= 0.6 is 0 Å². The van der Waals surface area contributed by atoms with Gasteiger partial charge < -0.3 is 15.6 Å². The quantitative estimate of drug-likeness (QED) is 0.583. The van der Waals surface area contributed by atoms with E-state index in [4.69, 9.17) is 10.5 Å². The molecule has 0 spiro atoms. The number of ether oxygens (including phenoxy) is 1. The Bertz CT molecular complexity index is 403. The molecule has 0 aliphatic rings. The molecule has 0 aliphatic carbocycles. The van der Waals surface area contributed by atoms with E-state index in [0.29, 0.717) is 12.0 Å². The Morgan fingerprint density at radius 3 is 2.61 bits per heavy atom. The number of benzene rings is 1. The van der Waals surface area contributed by atoms with Crippen LogP contribution in [-0.2, 0) is 16.0 Å². The van der Waals surface area contributed by atoms with E-state index in [0.717, 1.165) is 5.56 Å². The van der Waals surface area contributed by atoms with Crippen LogP contribution < -0.4 is 5.73 Å². The highest BCUT2D eigenvalue weighted by molar-refractivity contribution is 5.76. The van der Waals surface area contributed by atoms with E-state index in [1.54, 1.807) is 6.92 Å². The van der Waals surface area contributed by atoms with Crippen molar-refractivity contribution in [3.8, 4) is 0 Å². The van der Waals surface area contributed by atoms with Gasteiger partial charge in [0.05, 0.1) is 6.61 Å². The number of esters is 1. The summed E-state index contributed by atoms with van der Waals surface area (Å²) in [6, 6.07) is 8.48. The van der Waals surface area contributed by atoms with Crippen LogP contribution in [0.4, 0.5) is 0 Å². The Labute approximate surface area is 107 Å². The zero-order chi connectivity index (χ0) is 13.5. The predicted octanol–water partition coefficient (Wildman–Crippen LogP) is 1.04. The summed E-state index contributed by atoms with van der Waals surface area (Å²) in [7, 11) is 0. The van der Waals surface area contributed by atoms with Gasteiger partial charge in [-0.3, -0.25) is 4.79 Å². The van der Waals surface area contributed by atoms with Crippen molar-refractivity contribution in [2.45, 2.75) is 25.5 Å². The van der Waals surface area contributed by atoms with E-state index in [1.165, 1.54) is 0 Å². The van der Waals surface area contributed by atoms with Crippen molar-refractivity contribution in [1.29, 1.82) is 0 Å². The summed E-state index contributed by atoms with van der Waals surface area (Å²) >= 11 is 0. The number of hydrogen-bond acceptors (Lipinski definition) is 4. The number of carbonyl (C=O) groups excluding carboxylic acids is 1. The van der Waals surface area contributed by atoms with Gasteiger partial charge in [0, 0.05) is 0 Å². The normalized spacial score (nSPS) is 13.7. The molecule has 0 radical (unpaired) electrons. The molecule has 0 amide bonds. The summed E-state index contributed by atoms with van der Waals surface area (Å²) < 4.78 is 4.76. The monoisotopic (exact) mass is 249 g/mol. The highest BCUT2D eigenvalue weighted by Gasteiger charge is 2.25. The molecule has 1 aromatic rings. The first-order valence-corrected chi connectivity index (χ1v) is 5.88. The van der Waals surface area contributed by atoms with Crippen LogP contribution in [0.25, 0.3) is 0 Å². The van der Waals surface area contributed by atoms with E-state index in [1.807, 2.05) is 30.3 Å². The lowest BCUT2D eigenvalue weighted by Crippen LogP contribution is -2.44. The number of aliphatic hydroxyl groups excluding tert-OH is 1. The van der Waals surface area contributed by atoms with Crippen molar-refractivity contribution in [3.63, 3.8) is 0 Å². The number of hydrogen-bond donors (Lipinski definition) is 2. The topological polar surface area (TPSA) is 72.5 Å². The SMILES string of the molecule is C=C(Cc1ccccc1)C(O)C(N)C(=O)OCC. The first-order chi connectivity index (χ1) is 8.56. The Kier molecular flexibility index (Phi) is 5.55. The summed E-state index contributed by atoms with van der Waals surface area (Å²) in [5.74, 6) is -0.612. The zero-order valence-electron chi connectivity index (χ0n) is 10.5. The van der Waals surface area contributed by atoms with Crippen molar-refractivity contribution in [2.75, 3.05) is 6.61 Å². The van der Waals surface area contributed by atoms with Gasteiger partial charge in [-0.05, 0) is 24.5 Å². The summed E-state index contributed by atoms with van der Waals surface area (Å²) in [5, 5.41) is 9.92. The Hall–Kier alpha value is -1.65. The van der Waals surface area contributed by atoms with Crippen LogP contribution in [0.1, 0.15) is 12.5 Å². The second-order valence-corrected chi connectivity index (χ2v) is 4.04. The van der Waals surface area contributed by atoms with Gasteiger partial charge in [-0.2, -0.15) is 0 Å². The molecular weight excluding hydrogens is 230 g/mol. The molecular formula is C14H19NO3. The molecule has 1 rings (SSSR count). The van der Waals surface area contributed by atoms with Crippen molar-refractivity contribution < 1.29 is 14.6 Å². The maximum Gasteiger partial charge on any atom is 0.325 e. The molecule has 0 aliphatic heterocycles. The molecule has 98 valence electrons. The van der Waals surface area contributed by atoms with Crippen LogP contribution in [0.3, 0.4) is 0 Å². The fourth-order valence-corrected chi connectivity index (χ4v) is 1.58. The molecule has 2 atom stereocenters. The van der Waals surface area contributed by atoms with Crippen molar-refractivity contribution in [3.05, 3.63) is 48.0 Å². The summed E-state index contributed by atoms with van der Waals surface area (Å²) in [6.07, 6.45) is -0.612. The molecule has 3 N–H and O–H groups in total. The predicted molar refractivity (Wildman–Crippen MR) is 69.9 cm³/mol. The highest BCUT2D eigenvalue weighted by atomic mass is 16.5. The average Bonchev–Trinajstić information content (AvgIpc) is 2.38. The third-order valence-electron chi connectivity index (χ3n) is 2.59. The van der Waals surface area contributed by atoms with Crippen molar-refractivity contribution in [1.82, 2.24) is 0 Å². The lowest BCUT2D eigenvalue weighted by Gasteiger charge is -2.19. The van der Waals surface area contributed by atoms with Gasteiger partial charge in [0.25, 0.3) is 0 Å². The lowest BCUT2D eigenvalue weighted by molar-refractivity contribution is -0.146. The number of aliphatic hydroxyl groups is 1. The Balaban J connectivity index is 2.58. The summed E-state index contributed by atoms with van der Waals surface area (Å²) in [5.41, 5.74) is 7.13. The minimum Gasteiger partial charge on any atom is -0.465 e. The Morgan fingerprint density at radius 1 is 1.44 bits per heavy atom. The lowest BCUT2D eigenvalue weighted by atomic mass is 9.98. The maximum absolute atomic E-state index is 11.4. The molecule has 0 saturated heterocycles. The molecule has 18 heavy (non-hydrogen) atoms. The van der Waals surface area contributed by atoms with Crippen LogP contribution in [0.15, 0.2) is 42.5 Å². The molecule has 0 heterocycles. The largest absolute Gasteiger partial charge is 0.465 e. The van der Waals surface area contributed by atoms with Gasteiger partial charge >= 0.3 is 5.97 Å². The number of rotatable bonds is 6. The number of nitrogens with two attached hydrogens (primary N) is 1. The van der Waals surface area contributed by atoms with Gasteiger partial charge in [-0.1, -0.05) is 36.9 Å². The standard InChI is InChI=1S/C14H19NO3/c1-3-18-14(17)12(15)13(16)10(2)9-11-7-5-4-6-8-11/h4-8,12-13,16H,2-3,9,15H2,1H3. The first kappa shape index (κ1) is 14.4. The van der Waals surface area contributed by atoms with E-state index >= 15 is 0 Å². The van der Waals surface area contributed by atoms with Crippen LogP contribution in [0.5, 0.6) is 0 Å². The highest BCUT2D eigenvalue weighted by Crippen LogP contribution is 2.12. The molecule has 0 aromatic heterocycles. The smallest absolute Gasteiger partial charge is 0.325 e. The van der Waals surface area contributed by atoms with Crippen molar-refractivity contribution >= 4 is 5.97 Å². The fraction of sp³-hybridized carbons (Fsp3) is 0.357. The van der Waals surface area contributed by atoms with Gasteiger partial charge in [0.1, 0.15) is 12.1 Å². The minimum absolute atomic E-state index is 0.240.